The van der Waals surface area contributed by atoms with E-state index in [-0.39, 0.29) is 18.4 Å². The van der Waals surface area contributed by atoms with Gasteiger partial charge in [-0.05, 0) is 0 Å². The molecule has 0 aromatic heterocycles. The van der Waals surface area contributed by atoms with E-state index in [4.69, 9.17) is 44.6 Å². The van der Waals surface area contributed by atoms with Crippen LogP contribution in [0.5, 0.6) is 0 Å². The van der Waals surface area contributed by atoms with Crippen molar-refractivity contribution in [3.05, 3.63) is 0 Å². The summed E-state index contributed by atoms with van der Waals surface area (Å²) in [5.74, 6) is 0.197. The maximum atomic E-state index is 8.36. The highest BCUT2D eigenvalue weighted by atomic mass is 35.5. The summed E-state index contributed by atoms with van der Waals surface area (Å²) >= 11 is 16.6. The van der Waals surface area contributed by atoms with Crippen molar-refractivity contribution in [2.24, 2.45) is 0 Å². The molecular formula is C4H8Cl3O3P. The van der Waals surface area contributed by atoms with Crippen molar-refractivity contribution in [2.45, 2.75) is 4.87 Å². The summed E-state index contributed by atoms with van der Waals surface area (Å²) in [6.07, 6.45) is 0. The second-order valence-electron chi connectivity index (χ2n) is 1.94. The van der Waals surface area contributed by atoms with Crippen molar-refractivity contribution in [2.75, 3.05) is 18.4 Å². The van der Waals surface area contributed by atoms with Crippen LogP contribution in [-0.4, -0.2) is 33.0 Å². The van der Waals surface area contributed by atoms with Crippen LogP contribution in [0, 0.1) is 0 Å². The minimum atomic E-state index is -2.38. The predicted octanol–water partition coefficient (Wildman–Crippen LogP) is 1.67. The second-order valence-corrected chi connectivity index (χ2v) is 4.04. The van der Waals surface area contributed by atoms with Gasteiger partial charge >= 0.3 is 8.60 Å². The number of hydrogen-bond acceptors (Lipinski definition) is 3. The standard InChI is InChI=1S/C4H8Cl3O3P/c5-1-4(7,2-6)3-10-11(8)9/h8-9H,1-3H2. The lowest BCUT2D eigenvalue weighted by molar-refractivity contribution is 0.237. The summed E-state index contributed by atoms with van der Waals surface area (Å²) in [5.41, 5.74) is 0. The third-order valence-corrected chi connectivity index (χ3v) is 2.95. The van der Waals surface area contributed by atoms with E-state index in [1.165, 1.54) is 0 Å². The average Bonchev–Trinajstić information content (AvgIpc) is 2.00. The zero-order valence-corrected chi connectivity index (χ0v) is 8.67. The van der Waals surface area contributed by atoms with E-state index in [2.05, 4.69) is 4.52 Å². The summed E-state index contributed by atoms with van der Waals surface area (Å²) in [6, 6.07) is 0. The van der Waals surface area contributed by atoms with Crippen LogP contribution < -0.4 is 0 Å². The molecule has 0 aromatic rings. The van der Waals surface area contributed by atoms with Gasteiger partial charge in [-0.15, -0.1) is 34.8 Å². The van der Waals surface area contributed by atoms with Gasteiger partial charge in [0.2, 0.25) is 0 Å². The van der Waals surface area contributed by atoms with Gasteiger partial charge in [0.05, 0.1) is 11.5 Å². The Bertz CT molecular complexity index is 109. The van der Waals surface area contributed by atoms with E-state index >= 15 is 0 Å². The molecule has 68 valence electrons. The Labute approximate surface area is 81.2 Å². The highest BCUT2D eigenvalue weighted by Gasteiger charge is 2.26. The molecule has 0 aromatic carbocycles. The first kappa shape index (κ1) is 12.2. The highest BCUT2D eigenvalue weighted by Crippen LogP contribution is 2.29. The van der Waals surface area contributed by atoms with E-state index in [0.29, 0.717) is 0 Å². The second kappa shape index (κ2) is 5.76. The Hall–Kier alpha value is 1.18. The third kappa shape index (κ3) is 5.42. The van der Waals surface area contributed by atoms with Crippen molar-refractivity contribution >= 4 is 43.4 Å². The Morgan fingerprint density at radius 3 is 2.00 bits per heavy atom. The van der Waals surface area contributed by atoms with Gasteiger partial charge in [0, 0.05) is 11.8 Å². The van der Waals surface area contributed by atoms with Crippen LogP contribution in [-0.2, 0) is 4.52 Å². The van der Waals surface area contributed by atoms with E-state index in [0.717, 1.165) is 0 Å². The van der Waals surface area contributed by atoms with E-state index in [9.17, 15) is 0 Å². The summed E-state index contributed by atoms with van der Waals surface area (Å²) in [4.78, 5) is 15.8. The van der Waals surface area contributed by atoms with E-state index in [1.807, 2.05) is 0 Å². The van der Waals surface area contributed by atoms with Gasteiger partial charge in [-0.3, -0.25) is 0 Å². The smallest absolute Gasteiger partial charge is 0.327 e. The summed E-state index contributed by atoms with van der Waals surface area (Å²) in [6.45, 7) is -0.0692. The quantitative estimate of drug-likeness (QED) is 0.569. The fraction of sp³-hybridized carbons (Fsp3) is 1.00. The van der Waals surface area contributed by atoms with Crippen LogP contribution in [0.1, 0.15) is 0 Å². The summed E-state index contributed by atoms with van der Waals surface area (Å²) in [7, 11) is -2.38. The maximum Gasteiger partial charge on any atom is 0.327 e. The number of halogens is 3. The number of alkyl halides is 3. The molecule has 0 heterocycles. The van der Waals surface area contributed by atoms with E-state index in [1.54, 1.807) is 0 Å². The van der Waals surface area contributed by atoms with Crippen molar-refractivity contribution in [1.29, 1.82) is 0 Å². The van der Waals surface area contributed by atoms with Crippen molar-refractivity contribution < 1.29 is 14.3 Å². The molecule has 0 aliphatic rings. The molecular weight excluding hydrogens is 233 g/mol. The monoisotopic (exact) mass is 240 g/mol. The minimum absolute atomic E-state index is 0.0692. The molecule has 7 heteroatoms. The minimum Gasteiger partial charge on any atom is -0.328 e. The van der Waals surface area contributed by atoms with Crippen molar-refractivity contribution in [3.8, 4) is 0 Å². The molecule has 11 heavy (non-hydrogen) atoms. The Kier molecular flexibility index (Phi) is 6.38. The lowest BCUT2D eigenvalue weighted by Crippen LogP contribution is -2.31. The zero-order chi connectivity index (χ0) is 8.91. The molecule has 0 rings (SSSR count). The highest BCUT2D eigenvalue weighted by molar-refractivity contribution is 7.39. The van der Waals surface area contributed by atoms with Gasteiger partial charge in [-0.25, -0.2) is 0 Å². The molecule has 0 aliphatic heterocycles. The first-order chi connectivity index (χ1) is 5.04. The normalized spacial score (nSPS) is 12.5. The molecule has 0 aliphatic carbocycles. The van der Waals surface area contributed by atoms with Gasteiger partial charge in [-0.2, -0.15) is 0 Å². The van der Waals surface area contributed by atoms with Crippen molar-refractivity contribution in [3.63, 3.8) is 0 Å². The fourth-order valence-electron chi connectivity index (χ4n) is 0.286. The summed E-state index contributed by atoms with van der Waals surface area (Å²) in [5, 5.41) is 0. The fourth-order valence-corrected chi connectivity index (χ4v) is 1.22. The molecule has 0 radical (unpaired) electrons. The largest absolute Gasteiger partial charge is 0.328 e. The Morgan fingerprint density at radius 2 is 1.73 bits per heavy atom. The molecule has 0 spiro atoms. The molecule has 0 fully saturated rings. The van der Waals surface area contributed by atoms with Gasteiger partial charge in [-0.1, -0.05) is 0 Å². The molecule has 0 unspecified atom stereocenters. The van der Waals surface area contributed by atoms with Crippen LogP contribution in [0.2, 0.25) is 0 Å². The van der Waals surface area contributed by atoms with Crippen molar-refractivity contribution in [1.82, 2.24) is 0 Å². The topological polar surface area (TPSA) is 49.7 Å². The molecule has 0 atom stereocenters. The number of hydrogen-bond donors (Lipinski definition) is 2. The van der Waals surface area contributed by atoms with Gasteiger partial charge < -0.3 is 14.3 Å². The Balaban J connectivity index is 3.69. The SMILES string of the molecule is OP(O)OCC(Cl)(CCl)CCl. The van der Waals surface area contributed by atoms with Crippen LogP contribution in [0.4, 0.5) is 0 Å². The summed E-state index contributed by atoms with van der Waals surface area (Å²) < 4.78 is 4.46. The molecule has 2 N–H and O–H groups in total. The Morgan fingerprint density at radius 1 is 1.27 bits per heavy atom. The lowest BCUT2D eigenvalue weighted by Gasteiger charge is -2.20. The van der Waals surface area contributed by atoms with Gasteiger partial charge in [0.1, 0.15) is 0 Å². The molecule has 0 amide bonds. The first-order valence-electron chi connectivity index (χ1n) is 2.66. The maximum absolute atomic E-state index is 8.36. The predicted molar refractivity (Wildman–Crippen MR) is 47.3 cm³/mol. The molecule has 3 nitrogen and oxygen atoms in total. The molecule has 0 bridgehead atoms. The number of rotatable bonds is 5. The van der Waals surface area contributed by atoms with E-state index < -0.39 is 13.5 Å². The molecule has 0 saturated heterocycles. The lowest BCUT2D eigenvalue weighted by atomic mass is 10.2. The third-order valence-electron chi connectivity index (χ3n) is 0.918. The first-order valence-corrected chi connectivity index (χ1v) is 5.27. The zero-order valence-electron chi connectivity index (χ0n) is 5.51. The molecule has 0 saturated carbocycles. The average molecular weight is 241 g/mol. The van der Waals surface area contributed by atoms with Crippen LogP contribution in [0.15, 0.2) is 0 Å². The van der Waals surface area contributed by atoms with Crippen LogP contribution in [0.3, 0.4) is 0 Å². The van der Waals surface area contributed by atoms with Gasteiger partial charge in [0.25, 0.3) is 0 Å². The van der Waals surface area contributed by atoms with Crippen LogP contribution >= 0.6 is 43.4 Å². The van der Waals surface area contributed by atoms with Gasteiger partial charge in [0.15, 0.2) is 0 Å². The van der Waals surface area contributed by atoms with Crippen LogP contribution in [0.25, 0.3) is 0 Å².